The van der Waals surface area contributed by atoms with Crippen molar-refractivity contribution in [2.75, 3.05) is 6.61 Å². The lowest BCUT2D eigenvalue weighted by molar-refractivity contribution is -0.235. The fourth-order valence-electron chi connectivity index (χ4n) is 9.04. The van der Waals surface area contributed by atoms with Crippen molar-refractivity contribution in [1.29, 1.82) is 0 Å². The Morgan fingerprint density at radius 2 is 2.02 bits per heavy atom. The Morgan fingerprint density at radius 3 is 2.77 bits per heavy atom. The van der Waals surface area contributed by atoms with Crippen LogP contribution in [0, 0.1) is 22.7 Å². The highest BCUT2D eigenvalue weighted by molar-refractivity contribution is 6.01. The van der Waals surface area contributed by atoms with Gasteiger partial charge in [0.25, 0.3) is 0 Å². The standard InChI is InChI=1S/C30H32F2N2O6/c1-27-7-6-17(36)9-20(27)21(31)10-19-18-11-25-30(24(38)14-35,28(18,2)12-23(37)29(19,27)32)40-26(39-25)15-4-5-22-16(8-15)13-33-34(22)3/h4-9,13,18-19,21,23,25-26,35,37H,10-12,14H2,1-3H3/t18-,19-,21-,23-,25+,26+,27-,28?,29-,30+/m0/s1. The summed E-state index contributed by atoms with van der Waals surface area (Å²) in [5, 5.41) is 26.8. The van der Waals surface area contributed by atoms with Crippen LogP contribution in [0.2, 0.25) is 0 Å². The van der Waals surface area contributed by atoms with Crippen LogP contribution >= 0.6 is 0 Å². The number of nitrogens with zero attached hydrogens (tertiary/aromatic N) is 2. The molecular weight excluding hydrogens is 522 g/mol. The Labute approximate surface area is 229 Å². The molecule has 10 heteroatoms. The summed E-state index contributed by atoms with van der Waals surface area (Å²) in [6.45, 7) is 2.49. The summed E-state index contributed by atoms with van der Waals surface area (Å²) >= 11 is 0. The molecule has 7 rings (SSSR count). The predicted molar refractivity (Wildman–Crippen MR) is 138 cm³/mol. The molecule has 8 nitrogen and oxygen atoms in total. The molecule has 212 valence electrons. The largest absolute Gasteiger partial charge is 0.390 e. The van der Waals surface area contributed by atoms with E-state index in [9.17, 15) is 19.8 Å². The lowest BCUT2D eigenvalue weighted by Crippen LogP contribution is -2.70. The van der Waals surface area contributed by atoms with Gasteiger partial charge in [-0.05, 0) is 62.0 Å². The summed E-state index contributed by atoms with van der Waals surface area (Å²) in [5.41, 5.74) is -5.02. The van der Waals surface area contributed by atoms with E-state index < -0.39 is 76.8 Å². The zero-order valence-electron chi connectivity index (χ0n) is 22.5. The number of allylic oxidation sites excluding steroid dienone is 4. The van der Waals surface area contributed by atoms with Crippen molar-refractivity contribution in [3.8, 4) is 0 Å². The topological polar surface area (TPSA) is 111 Å². The van der Waals surface area contributed by atoms with E-state index in [0.717, 1.165) is 17.0 Å². The maximum Gasteiger partial charge on any atom is 0.193 e. The zero-order valence-corrected chi connectivity index (χ0v) is 22.5. The van der Waals surface area contributed by atoms with Crippen molar-refractivity contribution in [1.82, 2.24) is 9.78 Å². The molecule has 5 aliphatic rings. The number of benzene rings is 1. The number of carbonyl (C=O) groups excluding carboxylic acids is 2. The van der Waals surface area contributed by atoms with Crippen LogP contribution in [0.3, 0.4) is 0 Å². The van der Waals surface area contributed by atoms with Gasteiger partial charge in [-0.25, -0.2) is 8.78 Å². The molecule has 2 aromatic rings. The van der Waals surface area contributed by atoms with Gasteiger partial charge in [0.05, 0.1) is 23.9 Å². The lowest BCUT2D eigenvalue weighted by atomic mass is 9.44. The number of halogens is 2. The maximum atomic E-state index is 17.5. The van der Waals surface area contributed by atoms with Crippen LogP contribution in [0.25, 0.3) is 10.9 Å². The minimum atomic E-state index is -2.28. The van der Waals surface area contributed by atoms with Crippen molar-refractivity contribution in [2.45, 2.75) is 69.0 Å². The molecule has 1 aromatic carbocycles. The fourth-order valence-corrected chi connectivity index (χ4v) is 9.04. The minimum absolute atomic E-state index is 0.0408. The SMILES string of the molecule is Cn1ncc2cc([C@@H]3O[C@@H]4C[C@H]5[C@@H]6C[C@H](F)C7=CC(=O)C=C[C@]7(C)[C@@]6(F)[C@@H](O)CC5(C)[C@]4(C(=O)CO)O3)ccc21. The first-order chi connectivity index (χ1) is 18.9. The molecule has 1 aromatic heterocycles. The number of fused-ring (bicyclic) bond motifs is 8. The molecule has 4 aliphatic carbocycles. The van der Waals surface area contributed by atoms with Crippen LogP contribution in [0.15, 0.2) is 48.2 Å². The summed E-state index contributed by atoms with van der Waals surface area (Å²) in [5.74, 6) is -2.59. The highest BCUT2D eigenvalue weighted by Crippen LogP contribution is 2.72. The Balaban J connectivity index is 1.31. The monoisotopic (exact) mass is 554 g/mol. The fraction of sp³-hybridized carbons (Fsp3) is 0.567. The van der Waals surface area contributed by atoms with Gasteiger partial charge in [-0.15, -0.1) is 0 Å². The second-order valence-electron chi connectivity index (χ2n) is 12.6. The molecular formula is C30H32F2N2O6. The molecule has 1 aliphatic heterocycles. The number of alkyl halides is 2. The summed E-state index contributed by atoms with van der Waals surface area (Å²) in [7, 11) is 1.83. The molecule has 2 N–H and O–H groups in total. The molecule has 1 unspecified atom stereocenters. The first-order valence-corrected chi connectivity index (χ1v) is 13.8. The van der Waals surface area contributed by atoms with Gasteiger partial charge in [0.15, 0.2) is 29.1 Å². The van der Waals surface area contributed by atoms with E-state index in [1.165, 1.54) is 19.1 Å². The molecule has 0 radical (unpaired) electrons. The lowest BCUT2D eigenvalue weighted by Gasteiger charge is -2.63. The van der Waals surface area contributed by atoms with E-state index in [1.54, 1.807) is 17.8 Å². The first-order valence-electron chi connectivity index (χ1n) is 13.8. The summed E-state index contributed by atoms with van der Waals surface area (Å²) in [4.78, 5) is 25.7. The van der Waals surface area contributed by atoms with Gasteiger partial charge in [0, 0.05) is 34.7 Å². The number of hydrogen-bond donors (Lipinski definition) is 2. The van der Waals surface area contributed by atoms with Gasteiger partial charge in [0.2, 0.25) is 0 Å². The third kappa shape index (κ3) is 2.90. The molecule has 2 heterocycles. The number of aromatic nitrogens is 2. The Bertz CT molecular complexity index is 1520. The summed E-state index contributed by atoms with van der Waals surface area (Å²) < 4.78 is 47.8. The third-order valence-corrected chi connectivity index (χ3v) is 11.0. The molecule has 0 bridgehead atoms. The van der Waals surface area contributed by atoms with Gasteiger partial charge in [0.1, 0.15) is 12.8 Å². The number of hydrogen-bond acceptors (Lipinski definition) is 7. The molecule has 40 heavy (non-hydrogen) atoms. The van der Waals surface area contributed by atoms with Gasteiger partial charge in [-0.1, -0.05) is 19.1 Å². The van der Waals surface area contributed by atoms with Gasteiger partial charge in [-0.3, -0.25) is 14.3 Å². The quantitative estimate of drug-likeness (QED) is 0.600. The van der Waals surface area contributed by atoms with Crippen LogP contribution in [0.1, 0.15) is 45.0 Å². The normalized spacial score (nSPS) is 45.6. The van der Waals surface area contributed by atoms with E-state index in [1.807, 2.05) is 25.2 Å². The molecule has 10 atom stereocenters. The van der Waals surface area contributed by atoms with Crippen LogP contribution < -0.4 is 0 Å². The van der Waals surface area contributed by atoms with E-state index in [4.69, 9.17) is 9.47 Å². The Hall–Kier alpha value is -2.79. The van der Waals surface area contributed by atoms with Gasteiger partial charge >= 0.3 is 0 Å². The summed E-state index contributed by atoms with van der Waals surface area (Å²) in [6.07, 6.45) is 0.330. The maximum absolute atomic E-state index is 17.5. The molecule has 1 saturated heterocycles. The highest BCUT2D eigenvalue weighted by atomic mass is 19.1. The van der Waals surface area contributed by atoms with E-state index in [2.05, 4.69) is 5.10 Å². The molecule has 0 amide bonds. The van der Waals surface area contributed by atoms with Crippen LogP contribution in [-0.2, 0) is 26.1 Å². The number of ether oxygens (including phenoxy) is 2. The number of Topliss-reactive ketones (excluding diaryl/α,β-unsaturated/α-hetero) is 1. The minimum Gasteiger partial charge on any atom is -0.390 e. The second-order valence-corrected chi connectivity index (χ2v) is 12.6. The van der Waals surface area contributed by atoms with Gasteiger partial charge in [-0.2, -0.15) is 5.10 Å². The van der Waals surface area contributed by atoms with Crippen LogP contribution in [0.5, 0.6) is 0 Å². The molecule has 3 saturated carbocycles. The van der Waals surface area contributed by atoms with Crippen LogP contribution in [-0.4, -0.2) is 67.8 Å². The third-order valence-electron chi connectivity index (χ3n) is 11.0. The number of aryl methyl sites for hydroxylation is 1. The molecule has 4 fully saturated rings. The zero-order chi connectivity index (χ0) is 28.4. The van der Waals surface area contributed by atoms with Crippen LogP contribution in [0.4, 0.5) is 8.78 Å². The number of aliphatic hydroxyl groups is 2. The Morgan fingerprint density at radius 1 is 1.25 bits per heavy atom. The average Bonchev–Trinajstić information content (AvgIpc) is 3.56. The van der Waals surface area contributed by atoms with E-state index in [-0.39, 0.29) is 24.8 Å². The van der Waals surface area contributed by atoms with Crippen molar-refractivity contribution < 1.29 is 38.1 Å². The first kappa shape index (κ1) is 26.1. The predicted octanol–water partition coefficient (Wildman–Crippen LogP) is 3.22. The number of rotatable bonds is 3. The van der Waals surface area contributed by atoms with Crippen molar-refractivity contribution >= 4 is 22.5 Å². The average molecular weight is 555 g/mol. The van der Waals surface area contributed by atoms with Crippen molar-refractivity contribution in [3.05, 3.63) is 53.8 Å². The Kier molecular flexibility index (Phi) is 5.33. The second kappa shape index (κ2) is 8.15. The molecule has 0 spiro atoms. The van der Waals surface area contributed by atoms with Crippen molar-refractivity contribution in [3.63, 3.8) is 0 Å². The van der Waals surface area contributed by atoms with E-state index >= 15 is 8.78 Å². The smallest absolute Gasteiger partial charge is 0.193 e. The number of carbonyl (C=O) groups is 2. The highest BCUT2D eigenvalue weighted by Gasteiger charge is 2.80. The summed E-state index contributed by atoms with van der Waals surface area (Å²) in [6, 6.07) is 5.58. The van der Waals surface area contributed by atoms with Crippen molar-refractivity contribution in [2.24, 2.45) is 29.7 Å². The van der Waals surface area contributed by atoms with Gasteiger partial charge < -0.3 is 19.7 Å². The number of aliphatic hydroxyl groups excluding tert-OH is 2. The van der Waals surface area contributed by atoms with E-state index in [0.29, 0.717) is 5.56 Å². The number of ketones is 2.